The molecule has 1 saturated heterocycles. The Bertz CT molecular complexity index is 729. The van der Waals surface area contributed by atoms with Crippen LogP contribution in [-0.2, 0) is 9.47 Å². The summed E-state index contributed by atoms with van der Waals surface area (Å²) in [6, 6.07) is 9.96. The molecule has 25 heavy (non-hydrogen) atoms. The summed E-state index contributed by atoms with van der Waals surface area (Å²) in [6.07, 6.45) is 3.71. The van der Waals surface area contributed by atoms with E-state index in [1.165, 1.54) is 0 Å². The smallest absolute Gasteiger partial charge is 0.280 e. The Balaban J connectivity index is 1.55. The molecule has 0 N–H and O–H groups in total. The van der Waals surface area contributed by atoms with E-state index >= 15 is 0 Å². The second-order valence-corrected chi connectivity index (χ2v) is 6.42. The highest BCUT2D eigenvalue weighted by Crippen LogP contribution is 2.33. The van der Waals surface area contributed by atoms with Crippen molar-refractivity contribution in [1.29, 1.82) is 0 Å². The largest absolute Gasteiger partial charge is 0.376 e. The number of anilines is 1. The third-order valence-electron chi connectivity index (χ3n) is 4.62. The van der Waals surface area contributed by atoms with Gasteiger partial charge in [-0.2, -0.15) is 0 Å². The summed E-state index contributed by atoms with van der Waals surface area (Å²) < 4.78 is 12.9. The molecule has 2 aliphatic rings. The van der Waals surface area contributed by atoms with E-state index in [0.29, 0.717) is 25.5 Å². The number of hydrogen-bond donors (Lipinski definition) is 0. The van der Waals surface area contributed by atoms with E-state index in [2.05, 4.69) is 10.3 Å². The van der Waals surface area contributed by atoms with Crippen LogP contribution in [0.2, 0.25) is 0 Å². The summed E-state index contributed by atoms with van der Waals surface area (Å²) in [5, 5.41) is 8.29. The summed E-state index contributed by atoms with van der Waals surface area (Å²) in [4.78, 5) is 14.8. The van der Waals surface area contributed by atoms with Gasteiger partial charge in [0, 0.05) is 18.3 Å². The molecule has 1 aliphatic heterocycles. The number of hydrogen-bond acceptors (Lipinski definition) is 5. The molecule has 0 bridgehead atoms. The third kappa shape index (κ3) is 3.29. The van der Waals surface area contributed by atoms with Gasteiger partial charge in [-0.1, -0.05) is 23.4 Å². The van der Waals surface area contributed by atoms with Gasteiger partial charge < -0.3 is 14.4 Å². The van der Waals surface area contributed by atoms with E-state index in [1.54, 1.807) is 10.9 Å². The molecule has 132 valence electrons. The minimum atomic E-state index is -0.105. The first kappa shape index (κ1) is 16.2. The zero-order valence-electron chi connectivity index (χ0n) is 14.2. The van der Waals surface area contributed by atoms with Crippen LogP contribution in [-0.4, -0.2) is 52.9 Å². The zero-order chi connectivity index (χ0) is 17.2. The highest BCUT2D eigenvalue weighted by molar-refractivity contribution is 6.05. The Labute approximate surface area is 146 Å². The number of aromatic nitrogens is 3. The summed E-state index contributed by atoms with van der Waals surface area (Å²) in [5.74, 6) is -0.105. The van der Waals surface area contributed by atoms with Gasteiger partial charge in [-0.3, -0.25) is 4.79 Å². The quantitative estimate of drug-likeness (QED) is 0.804. The molecule has 1 amide bonds. The van der Waals surface area contributed by atoms with Gasteiger partial charge in [0.1, 0.15) is 12.1 Å². The SMILES string of the molecule is CCO[C@@H]1COC[C@H]1n1cc(C(=O)N(c2ccccc2)C2CC2)nn1. The van der Waals surface area contributed by atoms with Crippen LogP contribution in [0.1, 0.15) is 36.3 Å². The van der Waals surface area contributed by atoms with Crippen molar-refractivity contribution in [3.05, 3.63) is 42.2 Å². The van der Waals surface area contributed by atoms with Gasteiger partial charge in [0.15, 0.2) is 5.69 Å². The van der Waals surface area contributed by atoms with Gasteiger partial charge >= 0.3 is 0 Å². The van der Waals surface area contributed by atoms with Crippen molar-refractivity contribution in [2.75, 3.05) is 24.7 Å². The maximum absolute atomic E-state index is 13.0. The molecule has 1 aliphatic carbocycles. The lowest BCUT2D eigenvalue weighted by Gasteiger charge is -2.21. The van der Waals surface area contributed by atoms with E-state index < -0.39 is 0 Å². The van der Waals surface area contributed by atoms with Crippen LogP contribution in [0.25, 0.3) is 0 Å². The van der Waals surface area contributed by atoms with Gasteiger partial charge in [0.25, 0.3) is 5.91 Å². The predicted octanol–water partition coefficient (Wildman–Crippen LogP) is 2.06. The topological polar surface area (TPSA) is 69.5 Å². The second kappa shape index (κ2) is 6.93. The van der Waals surface area contributed by atoms with Crippen LogP contribution < -0.4 is 4.90 Å². The number of rotatable bonds is 6. The van der Waals surface area contributed by atoms with E-state index in [4.69, 9.17) is 9.47 Å². The molecule has 7 nitrogen and oxygen atoms in total. The highest BCUT2D eigenvalue weighted by atomic mass is 16.5. The molecule has 2 heterocycles. The van der Waals surface area contributed by atoms with Crippen molar-refractivity contribution < 1.29 is 14.3 Å². The number of nitrogens with zero attached hydrogens (tertiary/aromatic N) is 4. The first-order chi connectivity index (χ1) is 12.3. The molecule has 4 rings (SSSR count). The molecular formula is C18H22N4O3. The minimum absolute atomic E-state index is 0.0416. The monoisotopic (exact) mass is 342 g/mol. The van der Waals surface area contributed by atoms with Crippen LogP contribution in [0, 0.1) is 0 Å². The van der Waals surface area contributed by atoms with E-state index in [-0.39, 0.29) is 24.1 Å². The molecule has 1 saturated carbocycles. The Kier molecular flexibility index (Phi) is 4.50. The molecule has 7 heteroatoms. The van der Waals surface area contributed by atoms with Crippen molar-refractivity contribution in [2.24, 2.45) is 0 Å². The van der Waals surface area contributed by atoms with Crippen LogP contribution in [0.5, 0.6) is 0 Å². The number of ether oxygens (including phenoxy) is 2. The third-order valence-corrected chi connectivity index (χ3v) is 4.62. The fraction of sp³-hybridized carbons (Fsp3) is 0.500. The van der Waals surface area contributed by atoms with Crippen LogP contribution >= 0.6 is 0 Å². The first-order valence-corrected chi connectivity index (χ1v) is 8.77. The molecule has 2 fully saturated rings. The lowest BCUT2D eigenvalue weighted by Crippen LogP contribution is -2.33. The normalized spacial score (nSPS) is 22.9. The number of benzene rings is 1. The molecule has 0 radical (unpaired) electrons. The van der Waals surface area contributed by atoms with Gasteiger partial charge in [0.2, 0.25) is 0 Å². The van der Waals surface area contributed by atoms with Gasteiger partial charge in [0.05, 0.1) is 19.4 Å². The summed E-state index contributed by atoms with van der Waals surface area (Å²) in [6.45, 7) is 3.64. The van der Waals surface area contributed by atoms with Gasteiger partial charge in [-0.25, -0.2) is 4.68 Å². The number of carbonyl (C=O) groups is 1. The molecule has 0 spiro atoms. The molecule has 0 unspecified atom stereocenters. The maximum atomic E-state index is 13.0. The fourth-order valence-corrected chi connectivity index (χ4v) is 3.22. The molecule has 1 aromatic carbocycles. The maximum Gasteiger partial charge on any atom is 0.280 e. The van der Waals surface area contributed by atoms with Crippen molar-refractivity contribution in [1.82, 2.24) is 15.0 Å². The Morgan fingerprint density at radius 1 is 1.32 bits per heavy atom. The van der Waals surface area contributed by atoms with Crippen molar-refractivity contribution >= 4 is 11.6 Å². The second-order valence-electron chi connectivity index (χ2n) is 6.42. The van der Waals surface area contributed by atoms with E-state index in [1.807, 2.05) is 42.2 Å². The minimum Gasteiger partial charge on any atom is -0.376 e. The Morgan fingerprint density at radius 2 is 2.12 bits per heavy atom. The Hall–Kier alpha value is -2.25. The van der Waals surface area contributed by atoms with Crippen LogP contribution in [0.4, 0.5) is 5.69 Å². The summed E-state index contributed by atoms with van der Waals surface area (Å²) in [5.41, 5.74) is 1.26. The van der Waals surface area contributed by atoms with E-state index in [0.717, 1.165) is 18.5 Å². The standard InChI is InChI=1S/C18H22N4O3/c1-2-25-17-12-24-11-16(17)21-10-15(19-20-21)18(23)22(14-8-9-14)13-6-4-3-5-7-13/h3-7,10,14,16-17H,2,8-9,11-12H2,1H3/t16-,17-/m1/s1. The molecule has 1 aromatic heterocycles. The van der Waals surface area contributed by atoms with Gasteiger partial charge in [-0.05, 0) is 31.9 Å². The molecule has 2 aromatic rings. The number of para-hydroxylation sites is 1. The Morgan fingerprint density at radius 3 is 2.84 bits per heavy atom. The average molecular weight is 342 g/mol. The fourth-order valence-electron chi connectivity index (χ4n) is 3.22. The van der Waals surface area contributed by atoms with Crippen molar-refractivity contribution in [2.45, 2.75) is 38.0 Å². The van der Waals surface area contributed by atoms with Crippen LogP contribution in [0.15, 0.2) is 36.5 Å². The number of amides is 1. The highest BCUT2D eigenvalue weighted by Gasteiger charge is 2.36. The predicted molar refractivity (Wildman–Crippen MR) is 91.6 cm³/mol. The lowest BCUT2D eigenvalue weighted by molar-refractivity contribution is 0.0340. The summed E-state index contributed by atoms with van der Waals surface area (Å²) >= 11 is 0. The lowest BCUT2D eigenvalue weighted by atomic mass is 10.2. The molecule has 2 atom stereocenters. The first-order valence-electron chi connectivity index (χ1n) is 8.77. The van der Waals surface area contributed by atoms with Crippen molar-refractivity contribution in [3.63, 3.8) is 0 Å². The van der Waals surface area contributed by atoms with Gasteiger partial charge in [-0.15, -0.1) is 5.10 Å². The summed E-state index contributed by atoms with van der Waals surface area (Å²) in [7, 11) is 0. The van der Waals surface area contributed by atoms with Crippen molar-refractivity contribution in [3.8, 4) is 0 Å². The molecular weight excluding hydrogens is 320 g/mol. The van der Waals surface area contributed by atoms with E-state index in [9.17, 15) is 4.79 Å². The average Bonchev–Trinajstić information content (AvgIpc) is 3.16. The zero-order valence-corrected chi connectivity index (χ0v) is 14.2. The number of carbonyl (C=O) groups excluding carboxylic acids is 1. The van der Waals surface area contributed by atoms with Crippen LogP contribution in [0.3, 0.4) is 0 Å².